The van der Waals surface area contributed by atoms with Crippen LogP contribution in [0.4, 0.5) is 10.1 Å². The lowest BCUT2D eigenvalue weighted by Gasteiger charge is -2.33. The Kier molecular flexibility index (Phi) is 4.45. The average molecular weight is 270 g/mol. The fraction of sp³-hybridized carbons (Fsp3) is 0.615. The molecule has 1 aliphatic heterocycles. The van der Waals surface area contributed by atoms with Gasteiger partial charge < -0.3 is 10.0 Å². The van der Waals surface area contributed by atoms with E-state index in [1.807, 2.05) is 17.0 Å². The first kappa shape index (κ1) is 13.6. The molecule has 0 spiro atoms. The Morgan fingerprint density at radius 1 is 1.56 bits per heavy atom. The minimum absolute atomic E-state index is 0.250. The van der Waals surface area contributed by atoms with Crippen molar-refractivity contribution < 1.29 is 9.50 Å². The number of hydrogen-bond donors (Lipinski definition) is 1. The van der Waals surface area contributed by atoms with Gasteiger partial charge in [0.05, 0.1) is 30.2 Å². The zero-order valence-electron chi connectivity index (χ0n) is 10.7. The van der Waals surface area contributed by atoms with E-state index in [1.54, 1.807) is 18.0 Å². The molecule has 18 heavy (non-hydrogen) atoms. The fourth-order valence-corrected chi connectivity index (χ4v) is 2.45. The first-order chi connectivity index (χ1) is 8.61. The van der Waals surface area contributed by atoms with Crippen LogP contribution in [0, 0.1) is 0 Å². The van der Waals surface area contributed by atoms with Crippen molar-refractivity contribution in [3.63, 3.8) is 0 Å². The lowest BCUT2D eigenvalue weighted by atomic mass is 10.1. The molecule has 1 saturated heterocycles. The second kappa shape index (κ2) is 5.89. The van der Waals surface area contributed by atoms with Gasteiger partial charge in [-0.1, -0.05) is 0 Å². The van der Waals surface area contributed by atoms with E-state index in [0.29, 0.717) is 18.2 Å². The van der Waals surface area contributed by atoms with Crippen molar-refractivity contribution in [1.82, 2.24) is 4.98 Å². The molecule has 0 bridgehead atoms. The maximum absolute atomic E-state index is 13.5. The van der Waals surface area contributed by atoms with Crippen molar-refractivity contribution in [2.45, 2.75) is 30.9 Å². The Morgan fingerprint density at radius 2 is 2.33 bits per heavy atom. The number of alkyl halides is 1. The molecule has 1 aliphatic rings. The molecule has 0 saturated carbocycles. The molecule has 0 aromatic carbocycles. The number of hydrogen-bond acceptors (Lipinski definition) is 4. The number of aliphatic hydroxyl groups excluding tert-OH is 1. The van der Waals surface area contributed by atoms with E-state index >= 15 is 0 Å². The molecule has 2 heterocycles. The SMILES string of the molecule is CSC(C)c1ccc(N2CC[C@@H](O)[C@H](F)C2)cn1. The third-order valence-electron chi connectivity index (χ3n) is 3.41. The molecule has 3 atom stereocenters. The summed E-state index contributed by atoms with van der Waals surface area (Å²) in [5, 5.41) is 9.74. The summed E-state index contributed by atoms with van der Waals surface area (Å²) in [5.41, 5.74) is 1.97. The second-order valence-electron chi connectivity index (χ2n) is 4.64. The highest BCUT2D eigenvalue weighted by molar-refractivity contribution is 7.98. The molecule has 1 aromatic rings. The van der Waals surface area contributed by atoms with Crippen LogP contribution in [0.3, 0.4) is 0 Å². The average Bonchev–Trinajstić information content (AvgIpc) is 2.41. The van der Waals surface area contributed by atoms with Crippen LogP contribution in [0.5, 0.6) is 0 Å². The Balaban J connectivity index is 2.06. The summed E-state index contributed by atoms with van der Waals surface area (Å²) in [5.74, 6) is 0. The van der Waals surface area contributed by atoms with Crippen molar-refractivity contribution >= 4 is 17.4 Å². The van der Waals surface area contributed by atoms with Crippen molar-refractivity contribution in [2.75, 3.05) is 24.2 Å². The molecule has 2 rings (SSSR count). The molecule has 1 N–H and O–H groups in total. The summed E-state index contributed by atoms with van der Waals surface area (Å²) in [4.78, 5) is 6.36. The van der Waals surface area contributed by atoms with Crippen LogP contribution in [0.1, 0.15) is 24.3 Å². The molecule has 5 heteroatoms. The van der Waals surface area contributed by atoms with Gasteiger partial charge in [-0.15, -0.1) is 0 Å². The summed E-state index contributed by atoms with van der Waals surface area (Å²) in [6, 6.07) is 3.98. The van der Waals surface area contributed by atoms with Gasteiger partial charge in [-0.25, -0.2) is 4.39 Å². The number of thioether (sulfide) groups is 1. The minimum Gasteiger partial charge on any atom is -0.390 e. The van der Waals surface area contributed by atoms with Crippen LogP contribution in [0.2, 0.25) is 0 Å². The van der Waals surface area contributed by atoms with E-state index in [4.69, 9.17) is 0 Å². The van der Waals surface area contributed by atoms with E-state index in [9.17, 15) is 9.50 Å². The van der Waals surface area contributed by atoms with Gasteiger partial charge in [0.2, 0.25) is 0 Å². The van der Waals surface area contributed by atoms with Gasteiger partial charge >= 0.3 is 0 Å². The van der Waals surface area contributed by atoms with Crippen molar-refractivity contribution in [2.24, 2.45) is 0 Å². The third kappa shape index (κ3) is 2.95. The van der Waals surface area contributed by atoms with Gasteiger partial charge in [0.1, 0.15) is 6.17 Å². The fourth-order valence-electron chi connectivity index (χ4n) is 2.07. The normalized spacial score (nSPS) is 26.1. The molecule has 1 aromatic heterocycles. The number of aromatic nitrogens is 1. The van der Waals surface area contributed by atoms with Crippen LogP contribution in [0.15, 0.2) is 18.3 Å². The topological polar surface area (TPSA) is 36.4 Å². The van der Waals surface area contributed by atoms with E-state index in [2.05, 4.69) is 18.2 Å². The van der Waals surface area contributed by atoms with Gasteiger partial charge in [0.15, 0.2) is 0 Å². The van der Waals surface area contributed by atoms with Gasteiger partial charge in [0.25, 0.3) is 0 Å². The largest absolute Gasteiger partial charge is 0.390 e. The Labute approximate surface area is 111 Å². The first-order valence-electron chi connectivity index (χ1n) is 6.17. The molecular weight excluding hydrogens is 251 g/mol. The summed E-state index contributed by atoms with van der Waals surface area (Å²) in [7, 11) is 0. The second-order valence-corrected chi connectivity index (χ2v) is 5.82. The highest BCUT2D eigenvalue weighted by Gasteiger charge is 2.27. The van der Waals surface area contributed by atoms with Gasteiger partial charge in [0, 0.05) is 11.8 Å². The maximum atomic E-state index is 13.5. The number of nitrogens with zero attached hydrogens (tertiary/aromatic N) is 2. The lowest BCUT2D eigenvalue weighted by molar-refractivity contribution is 0.0615. The number of pyridine rings is 1. The van der Waals surface area contributed by atoms with Crippen LogP contribution >= 0.6 is 11.8 Å². The molecule has 100 valence electrons. The third-order valence-corrected chi connectivity index (χ3v) is 4.36. The number of halogens is 1. The van der Waals surface area contributed by atoms with Crippen LogP contribution in [-0.2, 0) is 0 Å². The molecular formula is C13H19FN2OS. The predicted molar refractivity (Wildman–Crippen MR) is 73.9 cm³/mol. The molecule has 0 aliphatic carbocycles. The van der Waals surface area contributed by atoms with E-state index in [1.165, 1.54) is 0 Å². The van der Waals surface area contributed by atoms with Crippen LogP contribution < -0.4 is 4.90 Å². The summed E-state index contributed by atoms with van der Waals surface area (Å²) in [6.07, 6.45) is 2.35. The van der Waals surface area contributed by atoms with E-state index in [-0.39, 0.29) is 6.54 Å². The smallest absolute Gasteiger partial charge is 0.143 e. The molecule has 0 amide bonds. The molecule has 0 radical (unpaired) electrons. The number of anilines is 1. The number of aliphatic hydroxyl groups is 1. The summed E-state index contributed by atoms with van der Waals surface area (Å²) < 4.78 is 13.5. The number of piperidine rings is 1. The Hall–Kier alpha value is -0.810. The summed E-state index contributed by atoms with van der Waals surface area (Å²) in [6.45, 7) is 3.04. The number of rotatable bonds is 3. The van der Waals surface area contributed by atoms with Gasteiger partial charge in [-0.05, 0) is 31.7 Å². The quantitative estimate of drug-likeness (QED) is 0.915. The zero-order chi connectivity index (χ0) is 13.1. The Bertz CT molecular complexity index is 387. The molecule has 3 nitrogen and oxygen atoms in total. The van der Waals surface area contributed by atoms with Crippen molar-refractivity contribution in [1.29, 1.82) is 0 Å². The van der Waals surface area contributed by atoms with E-state index < -0.39 is 12.3 Å². The van der Waals surface area contributed by atoms with Crippen LogP contribution in [0.25, 0.3) is 0 Å². The standard InChI is InChI=1S/C13H19FN2OS/c1-9(18-2)12-4-3-10(7-15-12)16-6-5-13(17)11(14)8-16/h3-4,7,9,11,13,17H,5-6,8H2,1-2H3/t9?,11-,13-/m1/s1. The van der Waals surface area contributed by atoms with Gasteiger partial charge in [-0.2, -0.15) is 11.8 Å². The van der Waals surface area contributed by atoms with Crippen molar-refractivity contribution in [3.05, 3.63) is 24.0 Å². The highest BCUT2D eigenvalue weighted by atomic mass is 32.2. The van der Waals surface area contributed by atoms with E-state index in [0.717, 1.165) is 11.4 Å². The summed E-state index contributed by atoms with van der Waals surface area (Å²) >= 11 is 1.75. The maximum Gasteiger partial charge on any atom is 0.143 e. The highest BCUT2D eigenvalue weighted by Crippen LogP contribution is 2.26. The monoisotopic (exact) mass is 270 g/mol. The minimum atomic E-state index is -1.16. The lowest BCUT2D eigenvalue weighted by Crippen LogP contribution is -2.44. The zero-order valence-corrected chi connectivity index (χ0v) is 11.5. The molecule has 1 unspecified atom stereocenters. The molecule has 1 fully saturated rings. The first-order valence-corrected chi connectivity index (χ1v) is 7.46. The van der Waals surface area contributed by atoms with Crippen LogP contribution in [-0.4, -0.2) is 41.7 Å². The van der Waals surface area contributed by atoms with Gasteiger partial charge in [-0.3, -0.25) is 4.98 Å². The Morgan fingerprint density at radius 3 is 2.89 bits per heavy atom. The van der Waals surface area contributed by atoms with Crippen molar-refractivity contribution in [3.8, 4) is 0 Å². The predicted octanol–water partition coefficient (Wildman–Crippen LogP) is 2.41.